The highest BCUT2D eigenvalue weighted by molar-refractivity contribution is 7.12. The standard InChI is InChI=1S/C17H15N3OS/c21-17(19-11-14(12-19)20-9-4-8-18-20)16-15(7-10-22-16)13-5-2-1-3-6-13/h1-10,14H,11-12H2. The van der Waals surface area contributed by atoms with Crippen molar-refractivity contribution in [2.24, 2.45) is 0 Å². The summed E-state index contributed by atoms with van der Waals surface area (Å²) in [5, 5.41) is 6.23. The molecule has 1 aromatic carbocycles. The molecule has 1 fully saturated rings. The van der Waals surface area contributed by atoms with Crippen LogP contribution < -0.4 is 0 Å². The molecule has 1 saturated heterocycles. The minimum atomic E-state index is 0.122. The maximum absolute atomic E-state index is 12.7. The lowest BCUT2D eigenvalue weighted by atomic mass is 10.0. The smallest absolute Gasteiger partial charge is 0.264 e. The molecule has 0 radical (unpaired) electrons. The Kier molecular flexibility index (Phi) is 3.27. The fourth-order valence-corrected chi connectivity index (χ4v) is 3.63. The fourth-order valence-electron chi connectivity index (χ4n) is 2.75. The fraction of sp³-hybridized carbons (Fsp3) is 0.176. The summed E-state index contributed by atoms with van der Waals surface area (Å²) in [6.45, 7) is 1.46. The highest BCUT2D eigenvalue weighted by Gasteiger charge is 2.34. The maximum atomic E-state index is 12.7. The van der Waals surface area contributed by atoms with E-state index >= 15 is 0 Å². The number of rotatable bonds is 3. The van der Waals surface area contributed by atoms with Gasteiger partial charge in [0.25, 0.3) is 5.91 Å². The molecule has 1 amide bonds. The molecule has 110 valence electrons. The Morgan fingerprint density at radius 3 is 2.68 bits per heavy atom. The predicted octanol–water partition coefficient (Wildman–Crippen LogP) is 3.31. The number of hydrogen-bond donors (Lipinski definition) is 0. The van der Waals surface area contributed by atoms with E-state index in [9.17, 15) is 4.79 Å². The van der Waals surface area contributed by atoms with Crippen molar-refractivity contribution in [3.63, 3.8) is 0 Å². The number of carbonyl (C=O) groups is 1. The minimum Gasteiger partial charge on any atom is -0.333 e. The molecule has 22 heavy (non-hydrogen) atoms. The van der Waals surface area contributed by atoms with Crippen LogP contribution in [0.2, 0.25) is 0 Å². The van der Waals surface area contributed by atoms with Gasteiger partial charge in [-0.3, -0.25) is 9.48 Å². The summed E-state index contributed by atoms with van der Waals surface area (Å²) in [5.41, 5.74) is 2.12. The molecule has 4 nitrogen and oxygen atoms in total. The molecule has 0 aliphatic carbocycles. The third-order valence-corrected chi connectivity index (χ3v) is 4.90. The van der Waals surface area contributed by atoms with Gasteiger partial charge in [-0.15, -0.1) is 11.3 Å². The van der Waals surface area contributed by atoms with Crippen LogP contribution >= 0.6 is 11.3 Å². The summed E-state index contributed by atoms with van der Waals surface area (Å²) < 4.78 is 1.93. The van der Waals surface area contributed by atoms with Gasteiger partial charge in [-0.1, -0.05) is 30.3 Å². The Morgan fingerprint density at radius 2 is 1.95 bits per heavy atom. The molecular formula is C17H15N3OS. The second-order valence-electron chi connectivity index (χ2n) is 5.38. The second kappa shape index (κ2) is 5.42. The monoisotopic (exact) mass is 309 g/mol. The van der Waals surface area contributed by atoms with Gasteiger partial charge in [0.05, 0.1) is 10.9 Å². The summed E-state index contributed by atoms with van der Waals surface area (Å²) in [4.78, 5) is 15.4. The van der Waals surface area contributed by atoms with Gasteiger partial charge in [0, 0.05) is 31.0 Å². The van der Waals surface area contributed by atoms with E-state index in [0.717, 1.165) is 29.1 Å². The van der Waals surface area contributed by atoms with E-state index in [-0.39, 0.29) is 5.91 Å². The second-order valence-corrected chi connectivity index (χ2v) is 6.30. The topological polar surface area (TPSA) is 38.1 Å². The molecular weight excluding hydrogens is 294 g/mol. The predicted molar refractivity (Wildman–Crippen MR) is 86.9 cm³/mol. The van der Waals surface area contributed by atoms with Crippen molar-refractivity contribution in [2.75, 3.05) is 13.1 Å². The summed E-state index contributed by atoms with van der Waals surface area (Å²) in [6.07, 6.45) is 3.73. The quantitative estimate of drug-likeness (QED) is 0.744. The molecule has 3 heterocycles. The first-order valence-corrected chi connectivity index (χ1v) is 8.12. The molecule has 1 aliphatic rings. The van der Waals surface area contributed by atoms with Crippen molar-refractivity contribution in [3.05, 3.63) is 65.1 Å². The van der Waals surface area contributed by atoms with Crippen LogP contribution in [0.3, 0.4) is 0 Å². The average molecular weight is 309 g/mol. The zero-order valence-electron chi connectivity index (χ0n) is 11.9. The van der Waals surface area contributed by atoms with Crippen molar-refractivity contribution in [2.45, 2.75) is 6.04 Å². The third-order valence-electron chi connectivity index (χ3n) is 3.99. The van der Waals surface area contributed by atoms with Gasteiger partial charge in [0.2, 0.25) is 0 Å². The minimum absolute atomic E-state index is 0.122. The van der Waals surface area contributed by atoms with Crippen molar-refractivity contribution in [1.82, 2.24) is 14.7 Å². The molecule has 0 N–H and O–H groups in total. The highest BCUT2D eigenvalue weighted by atomic mass is 32.1. The zero-order valence-corrected chi connectivity index (χ0v) is 12.7. The lowest BCUT2D eigenvalue weighted by Crippen LogP contribution is -2.50. The first kappa shape index (κ1) is 13.3. The first-order chi connectivity index (χ1) is 10.8. The summed E-state index contributed by atoms with van der Waals surface area (Å²) in [7, 11) is 0. The van der Waals surface area contributed by atoms with E-state index in [1.807, 2.05) is 63.6 Å². The number of nitrogens with zero attached hydrogens (tertiary/aromatic N) is 3. The molecule has 0 spiro atoms. The van der Waals surface area contributed by atoms with Gasteiger partial charge in [0.15, 0.2) is 0 Å². The Bertz CT molecular complexity index is 773. The molecule has 5 heteroatoms. The van der Waals surface area contributed by atoms with Crippen LogP contribution in [0.15, 0.2) is 60.2 Å². The van der Waals surface area contributed by atoms with Crippen molar-refractivity contribution in [3.8, 4) is 11.1 Å². The van der Waals surface area contributed by atoms with Crippen molar-refractivity contribution < 1.29 is 4.79 Å². The van der Waals surface area contributed by atoms with Crippen LogP contribution in [0.1, 0.15) is 15.7 Å². The number of amides is 1. The number of benzene rings is 1. The summed E-state index contributed by atoms with van der Waals surface area (Å²) >= 11 is 1.52. The van der Waals surface area contributed by atoms with E-state index in [1.54, 1.807) is 6.20 Å². The molecule has 0 bridgehead atoms. The summed E-state index contributed by atoms with van der Waals surface area (Å²) in [5.74, 6) is 0.122. The normalized spacial score (nSPS) is 14.8. The van der Waals surface area contributed by atoms with E-state index in [1.165, 1.54) is 11.3 Å². The number of likely N-dealkylation sites (tertiary alicyclic amines) is 1. The number of thiophene rings is 1. The zero-order chi connectivity index (χ0) is 14.9. The highest BCUT2D eigenvalue weighted by Crippen LogP contribution is 2.31. The van der Waals surface area contributed by atoms with Gasteiger partial charge in [-0.2, -0.15) is 5.10 Å². The van der Waals surface area contributed by atoms with Gasteiger partial charge < -0.3 is 4.90 Å². The molecule has 2 aromatic heterocycles. The van der Waals surface area contributed by atoms with Crippen LogP contribution in [0.5, 0.6) is 0 Å². The van der Waals surface area contributed by atoms with Gasteiger partial charge in [-0.25, -0.2) is 0 Å². The lowest BCUT2D eigenvalue weighted by Gasteiger charge is -2.39. The van der Waals surface area contributed by atoms with E-state index in [4.69, 9.17) is 0 Å². The number of carbonyl (C=O) groups excluding carboxylic acids is 1. The molecule has 3 aromatic rings. The summed E-state index contributed by atoms with van der Waals surface area (Å²) in [6, 6.07) is 14.3. The molecule has 1 aliphatic heterocycles. The Morgan fingerprint density at radius 1 is 1.14 bits per heavy atom. The molecule has 4 rings (SSSR count). The Hall–Kier alpha value is -2.40. The number of aromatic nitrogens is 2. The van der Waals surface area contributed by atoms with E-state index < -0.39 is 0 Å². The van der Waals surface area contributed by atoms with Crippen LogP contribution in [-0.2, 0) is 0 Å². The third kappa shape index (κ3) is 2.23. The average Bonchev–Trinajstić information content (AvgIpc) is 3.18. The Labute approximate surface area is 132 Å². The lowest BCUT2D eigenvalue weighted by molar-refractivity contribution is 0.0507. The van der Waals surface area contributed by atoms with Gasteiger partial charge >= 0.3 is 0 Å². The largest absolute Gasteiger partial charge is 0.333 e. The van der Waals surface area contributed by atoms with Crippen LogP contribution in [0.25, 0.3) is 11.1 Å². The van der Waals surface area contributed by atoms with Gasteiger partial charge in [-0.05, 0) is 23.1 Å². The Balaban J connectivity index is 1.52. The van der Waals surface area contributed by atoms with Crippen LogP contribution in [0, 0.1) is 0 Å². The molecule has 0 atom stereocenters. The maximum Gasteiger partial charge on any atom is 0.264 e. The van der Waals surface area contributed by atoms with E-state index in [2.05, 4.69) is 5.10 Å². The van der Waals surface area contributed by atoms with Crippen molar-refractivity contribution >= 4 is 17.2 Å². The van der Waals surface area contributed by atoms with Crippen molar-refractivity contribution in [1.29, 1.82) is 0 Å². The SMILES string of the molecule is O=C(c1sccc1-c1ccccc1)N1CC(n2cccn2)C1. The van der Waals surface area contributed by atoms with Crippen LogP contribution in [-0.4, -0.2) is 33.7 Å². The first-order valence-electron chi connectivity index (χ1n) is 7.24. The molecule has 0 saturated carbocycles. The molecule has 0 unspecified atom stereocenters. The number of hydrogen-bond acceptors (Lipinski definition) is 3. The van der Waals surface area contributed by atoms with Crippen LogP contribution in [0.4, 0.5) is 0 Å². The van der Waals surface area contributed by atoms with E-state index in [0.29, 0.717) is 6.04 Å². The van der Waals surface area contributed by atoms with Gasteiger partial charge in [0.1, 0.15) is 0 Å².